The van der Waals surface area contributed by atoms with Gasteiger partial charge < -0.3 is 19.7 Å². The predicted molar refractivity (Wildman–Crippen MR) is 115 cm³/mol. The normalized spacial score (nSPS) is 13.2. The van der Waals surface area contributed by atoms with Crippen molar-refractivity contribution in [1.82, 2.24) is 10.2 Å². The van der Waals surface area contributed by atoms with Crippen LogP contribution in [0, 0.1) is 5.92 Å². The van der Waals surface area contributed by atoms with Crippen molar-refractivity contribution in [3.8, 4) is 11.5 Å². The molecule has 160 valence electrons. The van der Waals surface area contributed by atoms with Gasteiger partial charge in [-0.05, 0) is 42.5 Å². The van der Waals surface area contributed by atoms with E-state index in [4.69, 9.17) is 9.47 Å². The summed E-state index contributed by atoms with van der Waals surface area (Å²) >= 11 is 0. The Morgan fingerprint density at radius 2 is 1.73 bits per heavy atom. The summed E-state index contributed by atoms with van der Waals surface area (Å²) in [5.41, 5.74) is 2.00. The average Bonchev–Trinajstić information content (AvgIpc) is 3.22. The van der Waals surface area contributed by atoms with Crippen molar-refractivity contribution in [2.24, 2.45) is 5.92 Å². The van der Waals surface area contributed by atoms with Gasteiger partial charge in [0.1, 0.15) is 6.04 Å². The molecule has 0 aromatic heterocycles. The lowest BCUT2D eigenvalue weighted by Gasteiger charge is -2.29. The molecular formula is C24H30N2O4. The van der Waals surface area contributed by atoms with Crippen LogP contribution in [-0.2, 0) is 22.6 Å². The molecule has 0 bridgehead atoms. The first-order valence-corrected chi connectivity index (χ1v) is 10.4. The van der Waals surface area contributed by atoms with Crippen molar-refractivity contribution >= 4 is 11.8 Å². The maximum Gasteiger partial charge on any atom is 0.242 e. The van der Waals surface area contributed by atoms with Crippen molar-refractivity contribution in [1.29, 1.82) is 0 Å². The van der Waals surface area contributed by atoms with Crippen molar-refractivity contribution in [2.45, 2.75) is 46.2 Å². The maximum atomic E-state index is 13.1. The zero-order valence-corrected chi connectivity index (χ0v) is 17.9. The number of carbonyl (C=O) groups is 2. The van der Waals surface area contributed by atoms with Crippen LogP contribution in [0.5, 0.6) is 11.5 Å². The van der Waals surface area contributed by atoms with Gasteiger partial charge in [-0.2, -0.15) is 0 Å². The van der Waals surface area contributed by atoms with Gasteiger partial charge in [0, 0.05) is 19.5 Å². The molecule has 0 saturated heterocycles. The Labute approximate surface area is 178 Å². The van der Waals surface area contributed by atoms with E-state index < -0.39 is 6.04 Å². The minimum Gasteiger partial charge on any atom is -0.454 e. The number of benzene rings is 2. The van der Waals surface area contributed by atoms with Crippen molar-refractivity contribution in [2.75, 3.05) is 13.3 Å². The summed E-state index contributed by atoms with van der Waals surface area (Å²) in [6.45, 7) is 7.10. The fourth-order valence-electron chi connectivity index (χ4n) is 3.31. The third-order valence-corrected chi connectivity index (χ3v) is 5.11. The van der Waals surface area contributed by atoms with Crippen LogP contribution >= 0.6 is 0 Å². The number of carbonyl (C=O) groups excluding carboxylic acids is 2. The maximum absolute atomic E-state index is 13.1. The zero-order valence-electron chi connectivity index (χ0n) is 17.9. The van der Waals surface area contributed by atoms with Gasteiger partial charge in [-0.15, -0.1) is 0 Å². The Morgan fingerprint density at radius 1 is 1.00 bits per heavy atom. The Morgan fingerprint density at radius 3 is 2.47 bits per heavy atom. The minimum absolute atomic E-state index is 0.0521. The van der Waals surface area contributed by atoms with Gasteiger partial charge >= 0.3 is 0 Å². The van der Waals surface area contributed by atoms with E-state index in [0.717, 1.165) is 16.9 Å². The summed E-state index contributed by atoms with van der Waals surface area (Å²) in [5, 5.41) is 2.94. The SMILES string of the molecule is CC(C)CNC(=O)[C@@H](C)N(Cc1ccccc1)C(=O)CCc1ccc2c(c1)OCO2. The second-order valence-corrected chi connectivity index (χ2v) is 8.01. The number of hydrogen-bond acceptors (Lipinski definition) is 4. The van der Waals surface area contributed by atoms with E-state index in [1.807, 2.05) is 62.4 Å². The molecule has 0 spiro atoms. The molecule has 1 aliphatic rings. The molecule has 0 aliphatic carbocycles. The summed E-state index contributed by atoms with van der Waals surface area (Å²) in [6.07, 6.45) is 0.884. The highest BCUT2D eigenvalue weighted by Gasteiger charge is 2.26. The number of hydrogen-bond donors (Lipinski definition) is 1. The molecule has 1 N–H and O–H groups in total. The Balaban J connectivity index is 1.68. The van der Waals surface area contributed by atoms with Gasteiger partial charge in [0.15, 0.2) is 11.5 Å². The fourth-order valence-corrected chi connectivity index (χ4v) is 3.31. The molecule has 2 aromatic carbocycles. The van der Waals surface area contributed by atoms with E-state index in [1.54, 1.807) is 11.8 Å². The van der Waals surface area contributed by atoms with E-state index in [1.165, 1.54) is 0 Å². The molecule has 0 radical (unpaired) electrons. The Kier molecular flexibility index (Phi) is 7.33. The van der Waals surface area contributed by atoms with Gasteiger partial charge in [-0.3, -0.25) is 9.59 Å². The molecule has 3 rings (SSSR count). The number of ether oxygens (including phenoxy) is 2. The second-order valence-electron chi connectivity index (χ2n) is 8.01. The summed E-state index contributed by atoms with van der Waals surface area (Å²) in [6, 6.07) is 14.9. The van der Waals surface area contributed by atoms with Crippen molar-refractivity contribution < 1.29 is 19.1 Å². The monoisotopic (exact) mass is 410 g/mol. The largest absolute Gasteiger partial charge is 0.454 e. The third kappa shape index (κ3) is 5.75. The number of aryl methyl sites for hydroxylation is 1. The van der Waals surface area contributed by atoms with Crippen LogP contribution in [0.3, 0.4) is 0 Å². The number of fused-ring (bicyclic) bond motifs is 1. The zero-order chi connectivity index (χ0) is 21.5. The summed E-state index contributed by atoms with van der Waals surface area (Å²) in [5.74, 6) is 1.61. The second kappa shape index (κ2) is 10.1. The standard InChI is InChI=1S/C24H30N2O4/c1-17(2)14-25-24(28)18(3)26(15-20-7-5-4-6-8-20)23(27)12-10-19-9-11-21-22(13-19)30-16-29-21/h4-9,11,13,17-18H,10,12,14-16H2,1-3H3,(H,25,28)/t18-/m1/s1. The highest BCUT2D eigenvalue weighted by Crippen LogP contribution is 2.32. The molecular weight excluding hydrogens is 380 g/mol. The molecule has 0 fully saturated rings. The molecule has 1 atom stereocenters. The molecule has 6 nitrogen and oxygen atoms in total. The number of nitrogens with one attached hydrogen (secondary N) is 1. The summed E-state index contributed by atoms with van der Waals surface area (Å²) in [4.78, 5) is 27.4. The van der Waals surface area contributed by atoms with Crippen LogP contribution in [0.2, 0.25) is 0 Å². The molecule has 2 amide bonds. The first-order chi connectivity index (χ1) is 14.4. The molecule has 1 aliphatic heterocycles. The summed E-state index contributed by atoms with van der Waals surface area (Å²) in [7, 11) is 0. The van der Waals surface area contributed by atoms with E-state index in [2.05, 4.69) is 5.32 Å². The van der Waals surface area contributed by atoms with Crippen LogP contribution in [0.4, 0.5) is 0 Å². The molecule has 2 aromatic rings. The lowest BCUT2D eigenvalue weighted by atomic mass is 10.1. The summed E-state index contributed by atoms with van der Waals surface area (Å²) < 4.78 is 10.8. The average molecular weight is 411 g/mol. The first-order valence-electron chi connectivity index (χ1n) is 10.4. The van der Waals surface area contributed by atoms with Crippen LogP contribution in [0.25, 0.3) is 0 Å². The topological polar surface area (TPSA) is 67.9 Å². The van der Waals surface area contributed by atoms with Crippen LogP contribution in [0.1, 0.15) is 38.3 Å². The van der Waals surface area contributed by atoms with Gasteiger partial charge in [0.05, 0.1) is 0 Å². The molecule has 1 heterocycles. The number of rotatable bonds is 9. The highest BCUT2D eigenvalue weighted by molar-refractivity contribution is 5.87. The fraction of sp³-hybridized carbons (Fsp3) is 0.417. The lowest BCUT2D eigenvalue weighted by Crippen LogP contribution is -2.48. The van der Waals surface area contributed by atoms with Gasteiger partial charge in [-0.1, -0.05) is 50.2 Å². The van der Waals surface area contributed by atoms with Crippen LogP contribution < -0.4 is 14.8 Å². The van der Waals surface area contributed by atoms with E-state index >= 15 is 0 Å². The van der Waals surface area contributed by atoms with E-state index in [9.17, 15) is 9.59 Å². The highest BCUT2D eigenvalue weighted by atomic mass is 16.7. The molecule has 30 heavy (non-hydrogen) atoms. The van der Waals surface area contributed by atoms with E-state index in [0.29, 0.717) is 37.6 Å². The lowest BCUT2D eigenvalue weighted by molar-refractivity contribution is -0.140. The number of nitrogens with zero attached hydrogens (tertiary/aromatic N) is 1. The number of amides is 2. The van der Waals surface area contributed by atoms with E-state index in [-0.39, 0.29) is 18.6 Å². The predicted octanol–water partition coefficient (Wildman–Crippen LogP) is 3.54. The Bertz CT molecular complexity index is 867. The van der Waals surface area contributed by atoms with Crippen LogP contribution in [0.15, 0.2) is 48.5 Å². The first kappa shape index (κ1) is 21.7. The molecule has 0 saturated carbocycles. The molecule has 6 heteroatoms. The van der Waals surface area contributed by atoms with Crippen molar-refractivity contribution in [3.63, 3.8) is 0 Å². The van der Waals surface area contributed by atoms with Crippen molar-refractivity contribution in [3.05, 3.63) is 59.7 Å². The van der Waals surface area contributed by atoms with Gasteiger partial charge in [-0.25, -0.2) is 0 Å². The third-order valence-electron chi connectivity index (χ3n) is 5.11. The quantitative estimate of drug-likeness (QED) is 0.687. The van der Waals surface area contributed by atoms with Crippen LogP contribution in [-0.4, -0.2) is 36.1 Å². The molecule has 0 unspecified atom stereocenters. The minimum atomic E-state index is -0.548. The smallest absolute Gasteiger partial charge is 0.242 e. The Hall–Kier alpha value is -3.02. The van der Waals surface area contributed by atoms with Gasteiger partial charge in [0.2, 0.25) is 18.6 Å². The van der Waals surface area contributed by atoms with Gasteiger partial charge in [0.25, 0.3) is 0 Å².